The van der Waals surface area contributed by atoms with Crippen LogP contribution in [0.2, 0.25) is 0 Å². The third-order valence-electron chi connectivity index (χ3n) is 2.45. The molecule has 0 aliphatic rings. The van der Waals surface area contributed by atoms with Crippen molar-refractivity contribution in [2.24, 2.45) is 0 Å². The minimum atomic E-state index is 0.570. The molecule has 2 heterocycles. The first-order chi connectivity index (χ1) is 9.33. The summed E-state index contributed by atoms with van der Waals surface area (Å²) in [5.74, 6) is 1.83. The van der Waals surface area contributed by atoms with Crippen LogP contribution in [0.4, 0.5) is 0 Å². The summed E-state index contributed by atoms with van der Waals surface area (Å²) in [7, 11) is 0. The number of hydrogen-bond acceptors (Lipinski definition) is 6. The summed E-state index contributed by atoms with van der Waals surface area (Å²) in [5.41, 5.74) is 1.03. The normalized spacial score (nSPS) is 10.8. The number of nitrogens with zero attached hydrogens (tertiary/aromatic N) is 5. The fourth-order valence-electron chi connectivity index (χ4n) is 1.62. The minimum Gasteiger partial charge on any atom is -0.340 e. The summed E-state index contributed by atoms with van der Waals surface area (Å²) in [4.78, 5) is 4.16. The molecule has 1 aromatic carbocycles. The van der Waals surface area contributed by atoms with Gasteiger partial charge in [-0.25, -0.2) is 0 Å². The summed E-state index contributed by atoms with van der Waals surface area (Å²) < 4.78 is 6.86. The average Bonchev–Trinajstić information content (AvgIpc) is 3.06. The van der Waals surface area contributed by atoms with Crippen LogP contribution in [-0.2, 0) is 5.75 Å². The summed E-state index contributed by atoms with van der Waals surface area (Å²) >= 11 is 1.52. The van der Waals surface area contributed by atoms with Gasteiger partial charge in [-0.1, -0.05) is 35.1 Å². The second kappa shape index (κ2) is 5.23. The van der Waals surface area contributed by atoms with E-state index in [2.05, 4.69) is 20.3 Å². The summed E-state index contributed by atoms with van der Waals surface area (Å²) in [6, 6.07) is 9.94. The van der Waals surface area contributed by atoms with E-state index in [-0.39, 0.29) is 0 Å². The molecule has 3 rings (SSSR count). The third kappa shape index (κ3) is 2.65. The van der Waals surface area contributed by atoms with Crippen LogP contribution < -0.4 is 0 Å². The molecule has 0 spiro atoms. The van der Waals surface area contributed by atoms with E-state index in [0.29, 0.717) is 17.5 Å². The van der Waals surface area contributed by atoms with Crippen molar-refractivity contribution in [3.8, 4) is 5.69 Å². The fourth-order valence-corrected chi connectivity index (χ4v) is 2.39. The van der Waals surface area contributed by atoms with Crippen LogP contribution in [0.3, 0.4) is 0 Å². The van der Waals surface area contributed by atoms with Crippen LogP contribution >= 0.6 is 11.8 Å². The molecule has 6 nitrogen and oxygen atoms in total. The van der Waals surface area contributed by atoms with Crippen molar-refractivity contribution in [3.63, 3.8) is 0 Å². The van der Waals surface area contributed by atoms with Gasteiger partial charge in [0.1, 0.15) is 6.33 Å². The van der Waals surface area contributed by atoms with Gasteiger partial charge in [0.05, 0.1) is 5.75 Å². The van der Waals surface area contributed by atoms with E-state index in [1.54, 1.807) is 13.3 Å². The molecular formula is C12H11N5OS. The Morgan fingerprint density at radius 3 is 2.84 bits per heavy atom. The molecule has 96 valence electrons. The number of aryl methyl sites for hydroxylation is 1. The Morgan fingerprint density at radius 2 is 2.11 bits per heavy atom. The molecule has 0 saturated carbocycles. The lowest BCUT2D eigenvalue weighted by atomic mass is 10.3. The van der Waals surface area contributed by atoms with Gasteiger partial charge in [-0.15, -0.1) is 10.2 Å². The zero-order valence-corrected chi connectivity index (χ0v) is 11.0. The Bertz CT molecular complexity index is 664. The predicted octanol–water partition coefficient (Wildman–Crippen LogP) is 2.25. The van der Waals surface area contributed by atoms with Gasteiger partial charge in [-0.2, -0.15) is 4.98 Å². The maximum atomic E-state index is 4.93. The fraction of sp³-hybridized carbons (Fsp3) is 0.167. The zero-order valence-electron chi connectivity index (χ0n) is 10.2. The van der Waals surface area contributed by atoms with Gasteiger partial charge < -0.3 is 4.52 Å². The Morgan fingerprint density at radius 1 is 1.26 bits per heavy atom. The molecule has 2 aromatic heterocycles. The van der Waals surface area contributed by atoms with E-state index in [1.807, 2.05) is 34.9 Å². The number of rotatable bonds is 4. The molecule has 0 amide bonds. The van der Waals surface area contributed by atoms with Gasteiger partial charge in [0.15, 0.2) is 11.0 Å². The summed E-state index contributed by atoms with van der Waals surface area (Å²) in [6.07, 6.45) is 1.69. The maximum Gasteiger partial charge on any atom is 0.223 e. The second-order valence-electron chi connectivity index (χ2n) is 3.84. The first kappa shape index (κ1) is 11.9. The standard InChI is InChI=1S/C12H11N5OS/c1-9-14-11(16-18-9)7-19-12-15-13-8-17(12)10-5-3-2-4-6-10/h2-6,8H,7H2,1H3. The Hall–Kier alpha value is -2.15. The van der Waals surface area contributed by atoms with Gasteiger partial charge in [0.2, 0.25) is 5.89 Å². The van der Waals surface area contributed by atoms with Crippen molar-refractivity contribution < 1.29 is 4.52 Å². The monoisotopic (exact) mass is 273 g/mol. The molecular weight excluding hydrogens is 262 g/mol. The van der Waals surface area contributed by atoms with Gasteiger partial charge in [-0.05, 0) is 12.1 Å². The van der Waals surface area contributed by atoms with Crippen LogP contribution in [0.25, 0.3) is 5.69 Å². The summed E-state index contributed by atoms with van der Waals surface area (Å²) in [6.45, 7) is 1.77. The maximum absolute atomic E-state index is 4.93. The van der Waals surface area contributed by atoms with E-state index in [0.717, 1.165) is 10.8 Å². The highest BCUT2D eigenvalue weighted by Crippen LogP contribution is 2.22. The molecule has 0 aliphatic heterocycles. The average molecular weight is 273 g/mol. The number of thioether (sulfide) groups is 1. The van der Waals surface area contributed by atoms with Gasteiger partial charge in [-0.3, -0.25) is 4.57 Å². The van der Waals surface area contributed by atoms with E-state index in [9.17, 15) is 0 Å². The molecule has 0 N–H and O–H groups in total. The molecule has 0 fully saturated rings. The van der Waals surface area contributed by atoms with Crippen LogP contribution in [0.15, 0.2) is 46.3 Å². The SMILES string of the molecule is Cc1nc(CSc2nncn2-c2ccccc2)no1. The first-order valence-corrected chi connectivity index (χ1v) is 6.69. The molecule has 0 aliphatic carbocycles. The quantitative estimate of drug-likeness (QED) is 0.679. The molecule has 0 bridgehead atoms. The highest BCUT2D eigenvalue weighted by molar-refractivity contribution is 7.98. The van der Waals surface area contributed by atoms with Crippen molar-refractivity contribution in [1.29, 1.82) is 0 Å². The van der Waals surface area contributed by atoms with Crippen molar-refractivity contribution in [2.45, 2.75) is 17.8 Å². The topological polar surface area (TPSA) is 69.6 Å². The van der Waals surface area contributed by atoms with Crippen LogP contribution in [0, 0.1) is 6.92 Å². The van der Waals surface area contributed by atoms with Crippen LogP contribution in [0.1, 0.15) is 11.7 Å². The predicted molar refractivity (Wildman–Crippen MR) is 70.0 cm³/mol. The summed E-state index contributed by atoms with van der Waals surface area (Å²) in [5, 5.41) is 12.7. The molecule has 0 radical (unpaired) electrons. The molecule has 0 saturated heterocycles. The molecule has 7 heteroatoms. The van der Waals surface area contributed by atoms with Crippen LogP contribution in [-0.4, -0.2) is 24.9 Å². The number of para-hydroxylation sites is 1. The third-order valence-corrected chi connectivity index (χ3v) is 3.39. The van der Waals surface area contributed by atoms with Gasteiger partial charge >= 0.3 is 0 Å². The smallest absolute Gasteiger partial charge is 0.223 e. The lowest BCUT2D eigenvalue weighted by molar-refractivity contribution is 0.389. The van der Waals surface area contributed by atoms with E-state index < -0.39 is 0 Å². The van der Waals surface area contributed by atoms with E-state index in [1.165, 1.54) is 11.8 Å². The van der Waals surface area contributed by atoms with Crippen molar-refractivity contribution in [3.05, 3.63) is 48.4 Å². The van der Waals surface area contributed by atoms with E-state index in [4.69, 9.17) is 4.52 Å². The molecule has 0 atom stereocenters. The minimum absolute atomic E-state index is 0.570. The highest BCUT2D eigenvalue weighted by atomic mass is 32.2. The lowest BCUT2D eigenvalue weighted by Gasteiger charge is -2.04. The lowest BCUT2D eigenvalue weighted by Crippen LogP contribution is -1.95. The molecule has 0 unspecified atom stereocenters. The number of hydrogen-bond donors (Lipinski definition) is 0. The van der Waals surface area contributed by atoms with Crippen molar-refractivity contribution >= 4 is 11.8 Å². The second-order valence-corrected chi connectivity index (χ2v) is 4.78. The Labute approximate surface area is 113 Å². The van der Waals surface area contributed by atoms with Gasteiger partial charge in [0.25, 0.3) is 0 Å². The highest BCUT2D eigenvalue weighted by Gasteiger charge is 2.09. The first-order valence-electron chi connectivity index (χ1n) is 5.70. The van der Waals surface area contributed by atoms with E-state index >= 15 is 0 Å². The van der Waals surface area contributed by atoms with Crippen LogP contribution in [0.5, 0.6) is 0 Å². The zero-order chi connectivity index (χ0) is 13.1. The molecule has 19 heavy (non-hydrogen) atoms. The van der Waals surface area contributed by atoms with Crippen molar-refractivity contribution in [2.75, 3.05) is 0 Å². The Kier molecular flexibility index (Phi) is 3.28. The Balaban J connectivity index is 1.77. The number of benzene rings is 1. The molecule has 3 aromatic rings. The van der Waals surface area contributed by atoms with Crippen molar-refractivity contribution in [1.82, 2.24) is 24.9 Å². The largest absolute Gasteiger partial charge is 0.340 e. The number of aromatic nitrogens is 5. The van der Waals surface area contributed by atoms with Gasteiger partial charge in [0, 0.05) is 12.6 Å².